The molecule has 0 rings (SSSR count). The van der Waals surface area contributed by atoms with Gasteiger partial charge in [-0.15, -0.1) is 0 Å². The molecule has 0 bridgehead atoms. The normalized spacial score (nSPS) is 17.9. The maximum Gasteiger partial charge on any atom is 0.318 e. The van der Waals surface area contributed by atoms with Crippen LogP contribution in [0.15, 0.2) is 0 Å². The van der Waals surface area contributed by atoms with Gasteiger partial charge in [0.15, 0.2) is 0 Å². The zero-order valence-corrected chi connectivity index (χ0v) is 10.8. The van der Waals surface area contributed by atoms with Crippen LogP contribution < -0.4 is 5.32 Å². The number of hydrogen-bond donors (Lipinski definition) is 2. The molecule has 14 heavy (non-hydrogen) atoms. The summed E-state index contributed by atoms with van der Waals surface area (Å²) in [6, 6.07) is 0. The average Bonchev–Trinajstić information content (AvgIpc) is 1.78. The van der Waals surface area contributed by atoms with E-state index in [4.69, 9.17) is 9.42 Å². The van der Waals surface area contributed by atoms with Gasteiger partial charge >= 0.3 is 8.25 Å². The largest absolute Gasteiger partial charge is 0.326 e. The molecule has 86 valence electrons. The van der Waals surface area contributed by atoms with Crippen molar-refractivity contribution in [1.29, 1.82) is 0 Å². The molecule has 4 nitrogen and oxygen atoms in total. The first-order chi connectivity index (χ1) is 6.02. The Hall–Kier alpha value is 0.110. The Labute approximate surface area is 87.0 Å². The molecule has 0 heterocycles. The lowest BCUT2D eigenvalue weighted by Crippen LogP contribution is -2.50. The maximum absolute atomic E-state index is 10.7. The van der Waals surface area contributed by atoms with E-state index in [-0.39, 0.29) is 11.0 Å². The van der Waals surface area contributed by atoms with Crippen LogP contribution in [-0.2, 0) is 9.09 Å². The summed E-state index contributed by atoms with van der Waals surface area (Å²) in [4.78, 5) is 8.77. The van der Waals surface area contributed by atoms with Crippen LogP contribution in [0.1, 0.15) is 41.5 Å². The van der Waals surface area contributed by atoms with Crippen LogP contribution in [0.2, 0.25) is 0 Å². The number of hydrogen-bond acceptors (Lipinski definition) is 3. The van der Waals surface area contributed by atoms with E-state index in [1.54, 1.807) is 0 Å². The van der Waals surface area contributed by atoms with E-state index in [2.05, 4.69) is 5.32 Å². The van der Waals surface area contributed by atoms with Gasteiger partial charge in [0.2, 0.25) is 0 Å². The van der Waals surface area contributed by atoms with Crippen LogP contribution in [0.25, 0.3) is 0 Å². The fourth-order valence-electron chi connectivity index (χ4n) is 0.917. The lowest BCUT2D eigenvalue weighted by Gasteiger charge is -2.35. The Balaban J connectivity index is 4.50. The van der Waals surface area contributed by atoms with Gasteiger partial charge in [0.1, 0.15) is 6.23 Å². The summed E-state index contributed by atoms with van der Waals surface area (Å²) in [7, 11) is -2.90. The van der Waals surface area contributed by atoms with Gasteiger partial charge in [-0.1, -0.05) is 20.8 Å². The molecular formula is C9H22NO3P. The molecule has 0 aromatic carbocycles. The van der Waals surface area contributed by atoms with E-state index in [0.717, 1.165) is 0 Å². The third-order valence-electron chi connectivity index (χ3n) is 1.57. The summed E-state index contributed by atoms with van der Waals surface area (Å²) < 4.78 is 15.6. The highest BCUT2D eigenvalue weighted by Gasteiger charge is 2.30. The maximum atomic E-state index is 10.7. The highest BCUT2D eigenvalue weighted by Crippen LogP contribution is 2.29. The van der Waals surface area contributed by atoms with E-state index >= 15 is 0 Å². The van der Waals surface area contributed by atoms with Gasteiger partial charge < -0.3 is 4.89 Å². The zero-order valence-electron chi connectivity index (χ0n) is 9.84. The molecule has 0 aromatic rings. The first-order valence-electron chi connectivity index (χ1n) is 4.69. The molecule has 5 heteroatoms. The summed E-state index contributed by atoms with van der Waals surface area (Å²) in [6.07, 6.45) is -0.418. The second-order valence-corrected chi connectivity index (χ2v) is 6.29. The fraction of sp³-hybridized carbons (Fsp3) is 1.00. The van der Waals surface area contributed by atoms with Crippen LogP contribution in [0, 0.1) is 5.41 Å². The molecule has 2 atom stereocenters. The van der Waals surface area contributed by atoms with Crippen LogP contribution in [0.5, 0.6) is 0 Å². The van der Waals surface area contributed by atoms with Crippen LogP contribution in [0.4, 0.5) is 0 Å². The van der Waals surface area contributed by atoms with E-state index < -0.39 is 14.5 Å². The highest BCUT2D eigenvalue weighted by atomic mass is 31.1. The molecule has 0 radical (unpaired) electrons. The van der Waals surface area contributed by atoms with E-state index in [0.29, 0.717) is 0 Å². The van der Waals surface area contributed by atoms with Crippen LogP contribution in [-0.4, -0.2) is 16.7 Å². The third-order valence-corrected chi connectivity index (χ3v) is 2.01. The molecule has 0 aliphatic heterocycles. The van der Waals surface area contributed by atoms with Crippen molar-refractivity contribution in [2.24, 2.45) is 5.41 Å². The second kappa shape index (κ2) is 4.75. The van der Waals surface area contributed by atoms with Crippen molar-refractivity contribution in [2.75, 3.05) is 0 Å². The van der Waals surface area contributed by atoms with Crippen molar-refractivity contribution in [3.8, 4) is 0 Å². The summed E-state index contributed by atoms with van der Waals surface area (Å²) in [5.74, 6) is 0. The summed E-state index contributed by atoms with van der Waals surface area (Å²) in [6.45, 7) is 11.8. The Bertz CT molecular complexity index is 205. The van der Waals surface area contributed by atoms with Crippen LogP contribution >= 0.6 is 8.25 Å². The number of rotatable bonds is 3. The quantitative estimate of drug-likeness (QED) is 0.568. The van der Waals surface area contributed by atoms with Crippen molar-refractivity contribution in [2.45, 2.75) is 53.3 Å². The fourth-order valence-corrected chi connectivity index (χ4v) is 1.53. The number of nitrogens with one attached hydrogen (secondary N) is 1. The standard InChI is InChI=1S/C9H22NO3P/c1-8(2,3)7(13-14(11)12)10-9(4,5)6/h7,10,14H,1-6H3,(H,11,12). The molecule has 0 saturated carbocycles. The van der Waals surface area contributed by atoms with Gasteiger partial charge in [-0.2, -0.15) is 0 Å². The Morgan fingerprint density at radius 3 is 1.86 bits per heavy atom. The SMILES string of the molecule is CC(C)(C)NC(O[PH](=O)O)C(C)(C)C. The molecule has 0 aliphatic rings. The van der Waals surface area contributed by atoms with E-state index in [9.17, 15) is 4.57 Å². The predicted octanol–water partition coefficient (Wildman–Crippen LogP) is 2.15. The van der Waals surface area contributed by atoms with Crippen molar-refractivity contribution in [3.63, 3.8) is 0 Å². The lowest BCUT2D eigenvalue weighted by atomic mass is 9.92. The van der Waals surface area contributed by atoms with E-state index in [1.807, 2.05) is 41.5 Å². The van der Waals surface area contributed by atoms with Crippen molar-refractivity contribution in [1.82, 2.24) is 5.32 Å². The molecule has 0 fully saturated rings. The first kappa shape index (κ1) is 14.1. The van der Waals surface area contributed by atoms with Crippen molar-refractivity contribution >= 4 is 8.25 Å². The molecule has 0 spiro atoms. The smallest absolute Gasteiger partial charge is 0.318 e. The lowest BCUT2D eigenvalue weighted by molar-refractivity contribution is 0.0322. The summed E-state index contributed by atoms with van der Waals surface area (Å²) in [5, 5.41) is 3.17. The molecule has 0 amide bonds. The van der Waals surface area contributed by atoms with Crippen molar-refractivity contribution in [3.05, 3.63) is 0 Å². The Morgan fingerprint density at radius 1 is 1.21 bits per heavy atom. The van der Waals surface area contributed by atoms with Gasteiger partial charge in [0.25, 0.3) is 0 Å². The topological polar surface area (TPSA) is 58.6 Å². The summed E-state index contributed by atoms with van der Waals surface area (Å²) in [5.41, 5.74) is -0.356. The highest BCUT2D eigenvalue weighted by molar-refractivity contribution is 7.32. The molecule has 2 unspecified atom stereocenters. The molecule has 0 aromatic heterocycles. The Kier molecular flexibility index (Phi) is 4.79. The monoisotopic (exact) mass is 223 g/mol. The van der Waals surface area contributed by atoms with Gasteiger partial charge in [-0.3, -0.25) is 14.4 Å². The van der Waals surface area contributed by atoms with Gasteiger partial charge in [-0.05, 0) is 20.8 Å². The van der Waals surface area contributed by atoms with Crippen LogP contribution in [0.3, 0.4) is 0 Å². The van der Waals surface area contributed by atoms with Gasteiger partial charge in [0.05, 0.1) is 0 Å². The minimum atomic E-state index is -2.90. The first-order valence-corrected chi connectivity index (χ1v) is 5.96. The molecular weight excluding hydrogens is 201 g/mol. The van der Waals surface area contributed by atoms with E-state index in [1.165, 1.54) is 0 Å². The third kappa shape index (κ3) is 6.55. The van der Waals surface area contributed by atoms with Gasteiger partial charge in [-0.25, -0.2) is 0 Å². The molecule has 0 saturated heterocycles. The summed E-state index contributed by atoms with van der Waals surface area (Å²) >= 11 is 0. The zero-order chi connectivity index (χ0) is 11.6. The van der Waals surface area contributed by atoms with Gasteiger partial charge in [0, 0.05) is 11.0 Å². The molecule has 0 aliphatic carbocycles. The van der Waals surface area contributed by atoms with Crippen molar-refractivity contribution < 1.29 is 14.0 Å². The second-order valence-electron chi connectivity index (χ2n) is 5.52. The average molecular weight is 223 g/mol. The predicted molar refractivity (Wildman–Crippen MR) is 58.4 cm³/mol. The minimum absolute atomic E-state index is 0.144. The minimum Gasteiger partial charge on any atom is -0.326 e. The molecule has 2 N–H and O–H groups in total. The Morgan fingerprint density at radius 2 is 1.64 bits per heavy atom.